The smallest absolute Gasteiger partial charge is 0.185 e. The molecule has 0 radical (unpaired) electrons. The first-order valence-corrected chi connectivity index (χ1v) is 9.30. The maximum absolute atomic E-state index is 12.6. The number of carbonyl (C=O) groups is 1. The van der Waals surface area contributed by atoms with E-state index in [-0.39, 0.29) is 5.78 Å². The van der Waals surface area contributed by atoms with Gasteiger partial charge in [0.25, 0.3) is 0 Å². The summed E-state index contributed by atoms with van der Waals surface area (Å²) in [6.45, 7) is 1.50. The molecular formula is C24H25N3O. The van der Waals surface area contributed by atoms with Crippen molar-refractivity contribution in [1.29, 1.82) is 0 Å². The molecule has 142 valence electrons. The molecule has 28 heavy (non-hydrogen) atoms. The largest absolute Gasteiger partial charge is 0.381 e. The number of carbonyl (C=O) groups excluding carboxylic acids is 1. The molecule has 0 unspecified atom stereocenters. The summed E-state index contributed by atoms with van der Waals surface area (Å²) in [5.74, 6) is -0.00955. The van der Waals surface area contributed by atoms with Gasteiger partial charge in [-0.2, -0.15) is 0 Å². The van der Waals surface area contributed by atoms with Gasteiger partial charge in [-0.1, -0.05) is 48.5 Å². The Hall–Kier alpha value is -3.24. The molecule has 0 bridgehead atoms. The van der Waals surface area contributed by atoms with Gasteiger partial charge in [-0.25, -0.2) is 0 Å². The van der Waals surface area contributed by atoms with Crippen molar-refractivity contribution in [2.45, 2.75) is 13.1 Å². The molecule has 0 aliphatic rings. The Morgan fingerprint density at radius 3 is 2.71 bits per heavy atom. The first-order chi connectivity index (χ1) is 13.6. The Bertz CT molecular complexity index is 949. The number of nitrogens with one attached hydrogen (secondary N) is 1. The van der Waals surface area contributed by atoms with Gasteiger partial charge in [-0.05, 0) is 55.1 Å². The molecule has 4 heteroatoms. The minimum atomic E-state index is -0.00955. The van der Waals surface area contributed by atoms with Crippen LogP contribution in [0.15, 0.2) is 79.1 Å². The third-order valence-corrected chi connectivity index (χ3v) is 4.32. The molecule has 2 aromatic carbocycles. The van der Waals surface area contributed by atoms with E-state index in [0.717, 1.165) is 23.4 Å². The topological polar surface area (TPSA) is 45.2 Å². The van der Waals surface area contributed by atoms with Crippen molar-refractivity contribution in [3.8, 4) is 0 Å². The van der Waals surface area contributed by atoms with Gasteiger partial charge in [0.15, 0.2) is 5.78 Å². The molecule has 0 saturated carbocycles. The number of anilines is 1. The SMILES string of the molecule is CN(C)Cc1ccccc1/C=C/C(=O)c1cccc(NCc2cccnc2)c1. The van der Waals surface area contributed by atoms with Crippen molar-refractivity contribution >= 4 is 17.5 Å². The summed E-state index contributed by atoms with van der Waals surface area (Å²) in [5, 5.41) is 3.34. The summed E-state index contributed by atoms with van der Waals surface area (Å²) < 4.78 is 0. The first kappa shape index (κ1) is 19.5. The van der Waals surface area contributed by atoms with Crippen molar-refractivity contribution in [2.24, 2.45) is 0 Å². The fourth-order valence-corrected chi connectivity index (χ4v) is 2.93. The van der Waals surface area contributed by atoms with Gasteiger partial charge < -0.3 is 10.2 Å². The standard InChI is InChI=1S/C24H25N3O/c1-27(2)18-22-9-4-3-8-20(22)12-13-24(28)21-10-5-11-23(15-21)26-17-19-7-6-14-25-16-19/h3-16,26H,17-18H2,1-2H3/b13-12+. The minimum absolute atomic E-state index is 0.00955. The highest BCUT2D eigenvalue weighted by molar-refractivity contribution is 6.07. The number of benzene rings is 2. The number of hydrogen-bond donors (Lipinski definition) is 1. The summed E-state index contributed by atoms with van der Waals surface area (Å²) in [5.41, 5.74) is 4.93. The maximum Gasteiger partial charge on any atom is 0.185 e. The van der Waals surface area contributed by atoms with Crippen molar-refractivity contribution in [3.05, 3.63) is 101 Å². The number of hydrogen-bond acceptors (Lipinski definition) is 4. The number of nitrogens with zero attached hydrogens (tertiary/aromatic N) is 2. The Morgan fingerprint density at radius 2 is 1.93 bits per heavy atom. The van der Waals surface area contributed by atoms with Gasteiger partial charge in [0.05, 0.1) is 0 Å². The lowest BCUT2D eigenvalue weighted by Gasteiger charge is -2.12. The third-order valence-electron chi connectivity index (χ3n) is 4.32. The van der Waals surface area contributed by atoms with Crippen LogP contribution < -0.4 is 5.32 Å². The predicted octanol–water partition coefficient (Wildman–Crippen LogP) is 4.65. The molecule has 0 aliphatic heterocycles. The fraction of sp³-hybridized carbons (Fsp3) is 0.167. The van der Waals surface area contributed by atoms with E-state index >= 15 is 0 Å². The van der Waals surface area contributed by atoms with Gasteiger partial charge >= 0.3 is 0 Å². The summed E-state index contributed by atoms with van der Waals surface area (Å²) in [6, 6.07) is 19.7. The highest BCUT2D eigenvalue weighted by atomic mass is 16.1. The molecule has 0 atom stereocenters. The van der Waals surface area contributed by atoms with Crippen LogP contribution >= 0.6 is 0 Å². The molecule has 1 N–H and O–H groups in total. The minimum Gasteiger partial charge on any atom is -0.381 e. The quantitative estimate of drug-likeness (QED) is 0.462. The number of pyridine rings is 1. The zero-order valence-corrected chi connectivity index (χ0v) is 16.3. The second-order valence-electron chi connectivity index (χ2n) is 6.93. The summed E-state index contributed by atoms with van der Waals surface area (Å²) >= 11 is 0. The lowest BCUT2D eigenvalue weighted by molar-refractivity contribution is 0.104. The lowest BCUT2D eigenvalue weighted by Crippen LogP contribution is -2.11. The molecule has 0 spiro atoms. The van der Waals surface area contributed by atoms with Crippen LogP contribution in [0.4, 0.5) is 5.69 Å². The van der Waals surface area contributed by atoms with Gasteiger partial charge in [0.2, 0.25) is 0 Å². The first-order valence-electron chi connectivity index (χ1n) is 9.30. The van der Waals surface area contributed by atoms with Gasteiger partial charge in [0.1, 0.15) is 0 Å². The second-order valence-corrected chi connectivity index (χ2v) is 6.93. The number of allylic oxidation sites excluding steroid dienone is 1. The van der Waals surface area contributed by atoms with Crippen LogP contribution in [-0.4, -0.2) is 29.8 Å². The average molecular weight is 371 g/mol. The Kier molecular flexibility index (Phi) is 6.71. The third kappa shape index (κ3) is 5.63. The van der Waals surface area contributed by atoms with E-state index in [1.807, 2.05) is 81.0 Å². The maximum atomic E-state index is 12.6. The highest BCUT2D eigenvalue weighted by Crippen LogP contribution is 2.16. The van der Waals surface area contributed by atoms with E-state index in [4.69, 9.17) is 0 Å². The normalized spacial score (nSPS) is 11.1. The van der Waals surface area contributed by atoms with Crippen LogP contribution in [0.1, 0.15) is 27.0 Å². The van der Waals surface area contributed by atoms with Crippen molar-refractivity contribution < 1.29 is 4.79 Å². The molecular weight excluding hydrogens is 346 g/mol. The summed E-state index contributed by atoms with van der Waals surface area (Å²) in [6.07, 6.45) is 7.13. The van der Waals surface area contributed by atoms with Crippen LogP contribution in [0, 0.1) is 0 Å². The molecule has 3 rings (SSSR count). The summed E-state index contributed by atoms with van der Waals surface area (Å²) in [4.78, 5) is 18.9. The molecule has 1 aromatic heterocycles. The van der Waals surface area contributed by atoms with E-state index < -0.39 is 0 Å². The molecule has 0 saturated heterocycles. The van der Waals surface area contributed by atoms with Crippen molar-refractivity contribution in [2.75, 3.05) is 19.4 Å². The van der Waals surface area contributed by atoms with Gasteiger partial charge in [0, 0.05) is 36.7 Å². The number of rotatable bonds is 8. The Morgan fingerprint density at radius 1 is 1.07 bits per heavy atom. The monoisotopic (exact) mass is 371 g/mol. The zero-order chi connectivity index (χ0) is 19.8. The van der Waals surface area contributed by atoms with Crippen molar-refractivity contribution in [3.63, 3.8) is 0 Å². The Balaban J connectivity index is 1.69. The second kappa shape index (κ2) is 9.62. The molecule has 1 heterocycles. The Labute approximate surface area is 166 Å². The average Bonchev–Trinajstić information content (AvgIpc) is 2.72. The van der Waals surface area contributed by atoms with E-state index in [0.29, 0.717) is 12.1 Å². The lowest BCUT2D eigenvalue weighted by atomic mass is 10.0. The van der Waals surface area contributed by atoms with E-state index in [2.05, 4.69) is 21.3 Å². The molecule has 3 aromatic rings. The van der Waals surface area contributed by atoms with Crippen LogP contribution in [-0.2, 0) is 13.1 Å². The summed E-state index contributed by atoms with van der Waals surface area (Å²) in [7, 11) is 4.07. The van der Waals surface area contributed by atoms with Crippen LogP contribution in [0.3, 0.4) is 0 Å². The molecule has 0 amide bonds. The number of ketones is 1. The van der Waals surface area contributed by atoms with Crippen LogP contribution in [0.5, 0.6) is 0 Å². The van der Waals surface area contributed by atoms with Crippen LogP contribution in [0.25, 0.3) is 6.08 Å². The molecule has 4 nitrogen and oxygen atoms in total. The van der Waals surface area contributed by atoms with E-state index in [1.54, 1.807) is 12.3 Å². The van der Waals surface area contributed by atoms with E-state index in [1.165, 1.54) is 5.56 Å². The molecule has 0 aliphatic carbocycles. The van der Waals surface area contributed by atoms with E-state index in [9.17, 15) is 4.79 Å². The number of aromatic nitrogens is 1. The van der Waals surface area contributed by atoms with Gasteiger partial charge in [-0.3, -0.25) is 9.78 Å². The highest BCUT2D eigenvalue weighted by Gasteiger charge is 2.05. The predicted molar refractivity (Wildman–Crippen MR) is 115 cm³/mol. The zero-order valence-electron chi connectivity index (χ0n) is 16.3. The fourth-order valence-electron chi connectivity index (χ4n) is 2.93. The van der Waals surface area contributed by atoms with Crippen LogP contribution in [0.2, 0.25) is 0 Å². The van der Waals surface area contributed by atoms with Gasteiger partial charge in [-0.15, -0.1) is 0 Å². The molecule has 0 fully saturated rings. The van der Waals surface area contributed by atoms with Crippen molar-refractivity contribution in [1.82, 2.24) is 9.88 Å².